The normalized spacial score (nSPS) is 34.8. The summed E-state index contributed by atoms with van der Waals surface area (Å²) < 4.78 is 0. The van der Waals surface area contributed by atoms with Crippen molar-refractivity contribution in [2.75, 3.05) is 19.6 Å². The number of fused-ring (bicyclic) bond motifs is 2. The largest absolute Gasteiger partial charge is 0.393 e. The molecule has 2 aliphatic rings. The Morgan fingerprint density at radius 3 is 2.28 bits per heavy atom. The van der Waals surface area contributed by atoms with Crippen molar-refractivity contribution in [3.05, 3.63) is 0 Å². The highest BCUT2D eigenvalue weighted by Gasteiger charge is 2.39. The lowest BCUT2D eigenvalue weighted by atomic mass is 9.73. The van der Waals surface area contributed by atoms with Gasteiger partial charge in [0.15, 0.2) is 0 Å². The van der Waals surface area contributed by atoms with Gasteiger partial charge in [0.05, 0.1) is 6.10 Å². The maximum Gasteiger partial charge on any atom is 0.0524 e. The van der Waals surface area contributed by atoms with Gasteiger partial charge in [0.1, 0.15) is 0 Å². The molecule has 0 spiro atoms. The number of piperidine rings is 1. The van der Waals surface area contributed by atoms with Crippen LogP contribution in [0.15, 0.2) is 0 Å². The van der Waals surface area contributed by atoms with E-state index in [2.05, 4.69) is 24.1 Å². The monoisotopic (exact) mass is 254 g/mol. The van der Waals surface area contributed by atoms with E-state index in [1.165, 1.54) is 32.4 Å². The predicted octanol–water partition coefficient (Wildman–Crippen LogP) is 1.86. The fourth-order valence-corrected chi connectivity index (χ4v) is 3.69. The van der Waals surface area contributed by atoms with Crippen molar-refractivity contribution in [1.29, 1.82) is 0 Å². The number of rotatable bonds is 5. The molecule has 0 amide bonds. The Kier molecular flexibility index (Phi) is 5.05. The highest BCUT2D eigenvalue weighted by atomic mass is 16.3. The molecule has 0 radical (unpaired) electrons. The number of aliphatic hydroxyl groups excluding tert-OH is 1. The SMILES string of the molecule is CC(O)CCNC1C2CCCC1CN(C(C)C)C2. The smallest absolute Gasteiger partial charge is 0.0524 e. The lowest BCUT2D eigenvalue weighted by Crippen LogP contribution is -2.58. The van der Waals surface area contributed by atoms with Crippen molar-refractivity contribution >= 4 is 0 Å². The molecule has 3 atom stereocenters. The van der Waals surface area contributed by atoms with E-state index in [4.69, 9.17) is 0 Å². The molecule has 2 rings (SSSR count). The minimum atomic E-state index is -0.173. The van der Waals surface area contributed by atoms with Crippen LogP contribution >= 0.6 is 0 Å². The topological polar surface area (TPSA) is 35.5 Å². The van der Waals surface area contributed by atoms with Crippen LogP contribution in [0.3, 0.4) is 0 Å². The maximum atomic E-state index is 9.35. The van der Waals surface area contributed by atoms with Gasteiger partial charge in [-0.2, -0.15) is 0 Å². The first-order valence-corrected chi connectivity index (χ1v) is 7.73. The molecule has 1 aliphatic heterocycles. The predicted molar refractivity (Wildman–Crippen MR) is 75.6 cm³/mol. The molecule has 1 aliphatic carbocycles. The first kappa shape index (κ1) is 14.3. The van der Waals surface area contributed by atoms with E-state index in [1.54, 1.807) is 0 Å². The summed E-state index contributed by atoms with van der Waals surface area (Å²) in [6.45, 7) is 10.0. The second-order valence-corrected chi connectivity index (χ2v) is 6.62. The van der Waals surface area contributed by atoms with Crippen molar-refractivity contribution < 1.29 is 5.11 Å². The molecule has 3 nitrogen and oxygen atoms in total. The van der Waals surface area contributed by atoms with Gasteiger partial charge in [-0.25, -0.2) is 0 Å². The zero-order chi connectivity index (χ0) is 13.1. The number of aliphatic hydroxyl groups is 1. The quantitative estimate of drug-likeness (QED) is 0.786. The fourth-order valence-electron chi connectivity index (χ4n) is 3.69. The van der Waals surface area contributed by atoms with Crippen LogP contribution in [0.1, 0.15) is 46.5 Å². The molecular weight excluding hydrogens is 224 g/mol. The van der Waals surface area contributed by atoms with E-state index in [1.807, 2.05) is 6.92 Å². The first-order chi connectivity index (χ1) is 8.58. The molecule has 2 fully saturated rings. The zero-order valence-corrected chi connectivity index (χ0v) is 12.2. The average Bonchev–Trinajstić information content (AvgIpc) is 2.27. The summed E-state index contributed by atoms with van der Waals surface area (Å²) in [6, 6.07) is 1.39. The van der Waals surface area contributed by atoms with Crippen LogP contribution < -0.4 is 5.32 Å². The molecule has 1 heterocycles. The highest BCUT2D eigenvalue weighted by Crippen LogP contribution is 2.35. The molecule has 0 aromatic carbocycles. The molecule has 2 N–H and O–H groups in total. The second-order valence-electron chi connectivity index (χ2n) is 6.62. The first-order valence-electron chi connectivity index (χ1n) is 7.73. The highest BCUT2D eigenvalue weighted by molar-refractivity contribution is 4.95. The van der Waals surface area contributed by atoms with E-state index >= 15 is 0 Å². The van der Waals surface area contributed by atoms with Crippen molar-refractivity contribution in [3.63, 3.8) is 0 Å². The third-order valence-corrected chi connectivity index (χ3v) is 4.78. The summed E-state index contributed by atoms with van der Waals surface area (Å²) >= 11 is 0. The van der Waals surface area contributed by atoms with Crippen LogP contribution in [0.5, 0.6) is 0 Å². The third kappa shape index (κ3) is 3.46. The van der Waals surface area contributed by atoms with Gasteiger partial charge in [0.2, 0.25) is 0 Å². The lowest BCUT2D eigenvalue weighted by Gasteiger charge is -2.49. The van der Waals surface area contributed by atoms with Gasteiger partial charge in [-0.15, -0.1) is 0 Å². The van der Waals surface area contributed by atoms with Gasteiger partial charge >= 0.3 is 0 Å². The number of nitrogens with one attached hydrogen (secondary N) is 1. The Hall–Kier alpha value is -0.120. The molecule has 0 aromatic rings. The van der Waals surface area contributed by atoms with Crippen molar-refractivity contribution in [1.82, 2.24) is 10.2 Å². The Labute approximate surface area is 112 Å². The number of likely N-dealkylation sites (tertiary alicyclic amines) is 1. The Morgan fingerprint density at radius 2 is 1.78 bits per heavy atom. The summed E-state index contributed by atoms with van der Waals surface area (Å²) in [6.07, 6.45) is 4.88. The molecule has 3 heteroatoms. The van der Waals surface area contributed by atoms with Crippen molar-refractivity contribution in [2.45, 2.75) is 64.6 Å². The van der Waals surface area contributed by atoms with Gasteiger partial charge < -0.3 is 15.3 Å². The van der Waals surface area contributed by atoms with Crippen LogP contribution in [0, 0.1) is 11.8 Å². The molecule has 1 saturated heterocycles. The van der Waals surface area contributed by atoms with E-state index in [-0.39, 0.29) is 6.10 Å². The summed E-state index contributed by atoms with van der Waals surface area (Å²) in [4.78, 5) is 2.65. The van der Waals surface area contributed by atoms with Crippen LogP contribution in [0.25, 0.3) is 0 Å². The van der Waals surface area contributed by atoms with Crippen molar-refractivity contribution in [2.24, 2.45) is 11.8 Å². The van der Waals surface area contributed by atoms with Gasteiger partial charge in [0.25, 0.3) is 0 Å². The molecule has 3 unspecified atom stereocenters. The maximum absolute atomic E-state index is 9.35. The number of hydrogen-bond acceptors (Lipinski definition) is 3. The van der Waals surface area contributed by atoms with Gasteiger partial charge in [-0.3, -0.25) is 0 Å². The summed E-state index contributed by atoms with van der Waals surface area (Å²) in [5, 5.41) is 13.1. The van der Waals surface area contributed by atoms with Gasteiger partial charge in [-0.05, 0) is 58.4 Å². The van der Waals surface area contributed by atoms with E-state index in [0.717, 1.165) is 24.8 Å². The van der Waals surface area contributed by atoms with Crippen LogP contribution in [-0.2, 0) is 0 Å². The summed E-state index contributed by atoms with van der Waals surface area (Å²) in [7, 11) is 0. The molecule has 2 bridgehead atoms. The lowest BCUT2D eigenvalue weighted by molar-refractivity contribution is 0.0284. The summed E-state index contributed by atoms with van der Waals surface area (Å²) in [5.41, 5.74) is 0. The average molecular weight is 254 g/mol. The standard InChI is InChI=1S/C15H30N2O/c1-11(2)17-9-13-5-4-6-14(10-17)15(13)16-8-7-12(3)18/h11-16,18H,4-10H2,1-3H3. The molecule has 1 saturated carbocycles. The van der Waals surface area contributed by atoms with E-state index in [9.17, 15) is 5.11 Å². The molecule has 0 aromatic heterocycles. The van der Waals surface area contributed by atoms with Gasteiger partial charge in [-0.1, -0.05) is 6.42 Å². The Bertz CT molecular complexity index is 241. The Balaban J connectivity index is 1.87. The van der Waals surface area contributed by atoms with E-state index < -0.39 is 0 Å². The van der Waals surface area contributed by atoms with Crippen LogP contribution in [0.2, 0.25) is 0 Å². The van der Waals surface area contributed by atoms with Crippen LogP contribution in [-0.4, -0.2) is 47.8 Å². The van der Waals surface area contributed by atoms with E-state index in [0.29, 0.717) is 12.1 Å². The van der Waals surface area contributed by atoms with Gasteiger partial charge in [0, 0.05) is 25.2 Å². The molecular formula is C15H30N2O. The minimum absolute atomic E-state index is 0.173. The number of nitrogens with zero attached hydrogens (tertiary/aromatic N) is 1. The van der Waals surface area contributed by atoms with Crippen molar-refractivity contribution in [3.8, 4) is 0 Å². The third-order valence-electron chi connectivity index (χ3n) is 4.78. The second kappa shape index (κ2) is 6.36. The zero-order valence-electron chi connectivity index (χ0n) is 12.2. The molecule has 18 heavy (non-hydrogen) atoms. The Morgan fingerprint density at radius 1 is 1.17 bits per heavy atom. The fraction of sp³-hybridized carbons (Fsp3) is 1.00. The van der Waals surface area contributed by atoms with Crippen LogP contribution in [0.4, 0.5) is 0 Å². The molecule has 106 valence electrons. The summed E-state index contributed by atoms with van der Waals surface area (Å²) in [5.74, 6) is 1.66. The minimum Gasteiger partial charge on any atom is -0.393 e. The number of hydrogen-bond donors (Lipinski definition) is 2.